The van der Waals surface area contributed by atoms with Crippen molar-refractivity contribution < 1.29 is 38.1 Å². The van der Waals surface area contributed by atoms with E-state index >= 15 is 4.79 Å². The first-order chi connectivity index (χ1) is 23.0. The first kappa shape index (κ1) is 35.8. The molecule has 2 bridgehead atoms. The molecule has 1 aromatic carbocycles. The largest absolute Gasteiger partial charge is 0.461 e. The second-order valence-electron chi connectivity index (χ2n) is 17.4. The van der Waals surface area contributed by atoms with Gasteiger partial charge in [0.05, 0.1) is 19.1 Å². The van der Waals surface area contributed by atoms with E-state index in [0.717, 1.165) is 36.8 Å². The number of ketones is 1. The minimum absolute atomic E-state index is 0.0176. The fraction of sp³-hybridized carbons (Fsp3) is 0.707. The number of hydrogen-bond donors (Lipinski definition) is 0. The summed E-state index contributed by atoms with van der Waals surface area (Å²) >= 11 is 0. The Bertz CT molecular complexity index is 1530. The minimum Gasteiger partial charge on any atom is -0.461 e. The molecule has 1 unspecified atom stereocenters. The van der Waals surface area contributed by atoms with Crippen LogP contribution in [0.15, 0.2) is 42.0 Å². The van der Waals surface area contributed by atoms with Gasteiger partial charge >= 0.3 is 17.9 Å². The number of ether oxygens (including phenoxy) is 4. The summed E-state index contributed by atoms with van der Waals surface area (Å²) in [7, 11) is 0. The maximum atomic E-state index is 15.2. The van der Waals surface area contributed by atoms with Crippen LogP contribution >= 0.6 is 0 Å². The van der Waals surface area contributed by atoms with Crippen LogP contribution in [-0.4, -0.2) is 49.1 Å². The summed E-state index contributed by atoms with van der Waals surface area (Å²) in [6.45, 7) is 18.9. The normalized spacial score (nSPS) is 41.7. The van der Waals surface area contributed by atoms with Crippen LogP contribution in [0.5, 0.6) is 0 Å². The zero-order valence-corrected chi connectivity index (χ0v) is 30.9. The third-order valence-electron chi connectivity index (χ3n) is 14.8. The number of carbonyl (C=O) groups excluding carboxylic acids is 4. The lowest BCUT2D eigenvalue weighted by molar-refractivity contribution is -0.261. The fourth-order valence-electron chi connectivity index (χ4n) is 11.9. The maximum absolute atomic E-state index is 15.2. The topological polar surface area (TPSA) is 105 Å². The number of hydrogen-bond acceptors (Lipinski definition) is 8. The van der Waals surface area contributed by atoms with E-state index in [4.69, 9.17) is 18.9 Å². The maximum Gasteiger partial charge on any atom is 0.310 e. The molecule has 5 aliphatic rings. The van der Waals surface area contributed by atoms with Crippen molar-refractivity contribution in [3.05, 3.63) is 47.5 Å². The van der Waals surface area contributed by atoms with Gasteiger partial charge in [0.1, 0.15) is 18.8 Å². The number of carbonyl (C=O) groups is 4. The van der Waals surface area contributed by atoms with Gasteiger partial charge in [-0.3, -0.25) is 19.2 Å². The van der Waals surface area contributed by atoms with E-state index in [1.54, 1.807) is 0 Å². The molecule has 1 heterocycles. The van der Waals surface area contributed by atoms with E-state index in [2.05, 4.69) is 41.5 Å². The van der Waals surface area contributed by atoms with Gasteiger partial charge in [0.15, 0.2) is 5.78 Å². The van der Waals surface area contributed by atoms with E-state index in [9.17, 15) is 14.4 Å². The SMILES string of the molecule is CC(=O)OC1[C@H](OC(C)=O)C[C@@]23COC[C@]1(C)[C@@H]2CC[C@H]1C3=CC(=O)[C@@]2(C)[C@H](C(=O)OCc3ccccc3)[C@@](C)([C@H](C)C(C)C)CC[C@]12C. The standard InChI is InChI=1S/C41H56O8/c1-24(2)25(3)37(6)17-18-39(8)29-15-16-32-38(7)22-46-23-41(32,20-31(48-26(4)42)35(38)49-27(5)43)30(29)19-33(44)40(39,9)34(37)36(45)47-21-28-13-11-10-12-14-28/h10-14,19,24-25,29,31-32,34-35H,15-18,20-23H2,1-9H3/t25-,29+,31-,32+,34-,35?,37-,38-,39-,40+,41+/m1/s1. The molecule has 8 nitrogen and oxygen atoms in total. The molecule has 1 aromatic rings. The summed E-state index contributed by atoms with van der Waals surface area (Å²) in [5, 5.41) is 0. The lowest BCUT2D eigenvalue weighted by atomic mass is 9.34. The van der Waals surface area contributed by atoms with Gasteiger partial charge < -0.3 is 18.9 Å². The second kappa shape index (κ2) is 12.3. The number of esters is 3. The average Bonchev–Trinajstić information content (AvgIpc) is 3.03. The second-order valence-corrected chi connectivity index (χ2v) is 17.4. The Morgan fingerprint density at radius 1 is 0.918 bits per heavy atom. The van der Waals surface area contributed by atoms with Crippen molar-refractivity contribution in [2.45, 2.75) is 113 Å². The van der Waals surface area contributed by atoms with Crippen molar-refractivity contribution in [3.63, 3.8) is 0 Å². The highest BCUT2D eigenvalue weighted by Crippen LogP contribution is 2.74. The molecule has 0 aromatic heterocycles. The van der Waals surface area contributed by atoms with Gasteiger partial charge in [-0.1, -0.05) is 84.4 Å². The zero-order valence-electron chi connectivity index (χ0n) is 30.9. The van der Waals surface area contributed by atoms with Crippen molar-refractivity contribution in [3.8, 4) is 0 Å². The van der Waals surface area contributed by atoms with Gasteiger partial charge in [-0.25, -0.2) is 0 Å². The molecule has 1 saturated heterocycles. The molecule has 49 heavy (non-hydrogen) atoms. The third kappa shape index (κ3) is 5.24. The lowest BCUT2D eigenvalue weighted by Crippen LogP contribution is -2.71. The molecule has 3 saturated carbocycles. The van der Waals surface area contributed by atoms with Gasteiger partial charge in [-0.15, -0.1) is 0 Å². The van der Waals surface area contributed by atoms with Crippen LogP contribution in [0.2, 0.25) is 0 Å². The van der Waals surface area contributed by atoms with Crippen LogP contribution < -0.4 is 0 Å². The Morgan fingerprint density at radius 3 is 2.22 bits per heavy atom. The van der Waals surface area contributed by atoms with Crippen LogP contribution in [0, 0.1) is 56.7 Å². The van der Waals surface area contributed by atoms with Gasteiger partial charge in [-0.05, 0) is 78.2 Å². The van der Waals surface area contributed by atoms with E-state index in [1.165, 1.54) is 13.8 Å². The minimum atomic E-state index is -1.00. The van der Waals surface area contributed by atoms with Crippen molar-refractivity contribution in [2.24, 2.45) is 56.7 Å². The van der Waals surface area contributed by atoms with Crippen molar-refractivity contribution >= 4 is 23.7 Å². The fourth-order valence-corrected chi connectivity index (χ4v) is 11.9. The summed E-state index contributed by atoms with van der Waals surface area (Å²) < 4.78 is 24.5. The summed E-state index contributed by atoms with van der Waals surface area (Å²) in [6, 6.07) is 9.72. The summed E-state index contributed by atoms with van der Waals surface area (Å²) in [5.41, 5.74) is -1.19. The molecule has 0 spiro atoms. The highest BCUT2D eigenvalue weighted by atomic mass is 16.6. The smallest absolute Gasteiger partial charge is 0.310 e. The van der Waals surface area contributed by atoms with Crippen LogP contribution in [-0.2, 0) is 44.7 Å². The predicted octanol–water partition coefficient (Wildman–Crippen LogP) is 7.28. The molecule has 1 aliphatic heterocycles. The molecule has 8 heteroatoms. The lowest BCUT2D eigenvalue weighted by Gasteiger charge is -2.70. The number of benzene rings is 1. The molecular formula is C41H56O8. The molecule has 0 radical (unpaired) electrons. The molecule has 4 fully saturated rings. The molecular weight excluding hydrogens is 620 g/mol. The third-order valence-corrected chi connectivity index (χ3v) is 14.8. The Kier molecular flexibility index (Phi) is 9.02. The molecule has 0 N–H and O–H groups in total. The Labute approximate surface area is 292 Å². The molecule has 4 aliphatic carbocycles. The molecule has 11 atom stereocenters. The van der Waals surface area contributed by atoms with Crippen LogP contribution in [0.3, 0.4) is 0 Å². The predicted molar refractivity (Wildman–Crippen MR) is 184 cm³/mol. The van der Waals surface area contributed by atoms with Crippen molar-refractivity contribution in [1.29, 1.82) is 0 Å². The van der Waals surface area contributed by atoms with Crippen molar-refractivity contribution in [2.75, 3.05) is 13.2 Å². The molecule has 268 valence electrons. The van der Waals surface area contributed by atoms with Crippen molar-refractivity contribution in [1.82, 2.24) is 0 Å². The number of rotatable bonds is 7. The van der Waals surface area contributed by atoms with Gasteiger partial charge in [0.2, 0.25) is 0 Å². The van der Waals surface area contributed by atoms with Crippen LogP contribution in [0.25, 0.3) is 0 Å². The summed E-state index contributed by atoms with van der Waals surface area (Å²) in [6.07, 6.45) is 4.28. The van der Waals surface area contributed by atoms with Crippen LogP contribution in [0.4, 0.5) is 0 Å². The van der Waals surface area contributed by atoms with Gasteiger partial charge in [0, 0.05) is 30.1 Å². The average molecular weight is 677 g/mol. The Morgan fingerprint density at radius 2 is 1.59 bits per heavy atom. The first-order valence-corrected chi connectivity index (χ1v) is 18.3. The number of allylic oxidation sites excluding steroid dienone is 1. The number of fused-ring (bicyclic) bond motifs is 3. The summed E-state index contributed by atoms with van der Waals surface area (Å²) in [4.78, 5) is 54.6. The van der Waals surface area contributed by atoms with E-state index in [1.807, 2.05) is 43.3 Å². The molecule has 0 amide bonds. The highest BCUT2D eigenvalue weighted by Gasteiger charge is 2.74. The van der Waals surface area contributed by atoms with Crippen LogP contribution in [0.1, 0.15) is 100.0 Å². The highest BCUT2D eigenvalue weighted by molar-refractivity contribution is 6.01. The quantitative estimate of drug-likeness (QED) is 0.219. The van der Waals surface area contributed by atoms with Gasteiger partial charge in [-0.2, -0.15) is 0 Å². The van der Waals surface area contributed by atoms with E-state index in [0.29, 0.717) is 25.6 Å². The van der Waals surface area contributed by atoms with E-state index < -0.39 is 57.1 Å². The van der Waals surface area contributed by atoms with Gasteiger partial charge in [0.25, 0.3) is 0 Å². The van der Waals surface area contributed by atoms with E-state index in [-0.39, 0.29) is 36.1 Å². The molecule has 6 rings (SSSR count). The first-order valence-electron chi connectivity index (χ1n) is 18.3. The zero-order chi connectivity index (χ0) is 35.7. The Balaban J connectivity index is 1.46. The summed E-state index contributed by atoms with van der Waals surface area (Å²) in [5.74, 6) is -1.25. The Hall–Kier alpha value is -3.00. The monoisotopic (exact) mass is 676 g/mol.